The summed E-state index contributed by atoms with van der Waals surface area (Å²) in [5.74, 6) is 0.144. The maximum atomic E-state index is 12.0. The Morgan fingerprint density at radius 2 is 1.90 bits per heavy atom. The molecule has 2 fully saturated rings. The van der Waals surface area contributed by atoms with Crippen molar-refractivity contribution < 1.29 is 9.59 Å². The fraction of sp³-hybridized carbons (Fsp3) is 0.385. The van der Waals surface area contributed by atoms with Crippen molar-refractivity contribution in [3.05, 3.63) is 18.6 Å². The topological polar surface area (TPSA) is 82.2 Å². The van der Waals surface area contributed by atoms with E-state index in [2.05, 4.69) is 15.0 Å². The smallest absolute Gasteiger partial charge is 0.234 e. The van der Waals surface area contributed by atoms with Gasteiger partial charge in [-0.05, 0) is 6.07 Å². The van der Waals surface area contributed by atoms with Crippen molar-refractivity contribution in [1.29, 1.82) is 0 Å². The molecule has 7 heteroatoms. The standard InChI is InChI=1S/C13H13N5O2/c1-17-12(19)8-4-18(5-9(8)13(17)20)11-7-2-3-14-10(7)15-6-16-11/h2-3,6,8-9H,4-5H2,1H3,(H,14,15,16). The molecule has 0 aliphatic carbocycles. The number of H-pyrrole nitrogens is 1. The van der Waals surface area contributed by atoms with Gasteiger partial charge in [-0.1, -0.05) is 0 Å². The van der Waals surface area contributed by atoms with Crippen LogP contribution in [0.2, 0.25) is 0 Å². The van der Waals surface area contributed by atoms with Crippen LogP contribution in [0.4, 0.5) is 5.82 Å². The number of nitrogens with one attached hydrogen (secondary N) is 1. The molecule has 2 aliphatic rings. The maximum Gasteiger partial charge on any atom is 0.234 e. The number of anilines is 1. The summed E-state index contributed by atoms with van der Waals surface area (Å²) < 4.78 is 0. The van der Waals surface area contributed by atoms with Crippen LogP contribution >= 0.6 is 0 Å². The number of amides is 2. The highest BCUT2D eigenvalue weighted by Crippen LogP contribution is 2.36. The average molecular weight is 271 g/mol. The summed E-state index contributed by atoms with van der Waals surface area (Å²) in [7, 11) is 1.56. The lowest BCUT2D eigenvalue weighted by molar-refractivity contribution is -0.138. The van der Waals surface area contributed by atoms with Crippen LogP contribution in [0.1, 0.15) is 0 Å². The first-order chi connectivity index (χ1) is 9.66. The van der Waals surface area contributed by atoms with Gasteiger partial charge in [0.1, 0.15) is 17.8 Å². The second-order valence-corrected chi connectivity index (χ2v) is 5.29. The molecular formula is C13H13N5O2. The Labute approximate surface area is 114 Å². The molecule has 2 aromatic rings. The molecule has 102 valence electrons. The van der Waals surface area contributed by atoms with Crippen molar-refractivity contribution in [2.45, 2.75) is 0 Å². The van der Waals surface area contributed by atoms with E-state index in [0.717, 1.165) is 16.9 Å². The zero-order valence-corrected chi connectivity index (χ0v) is 10.9. The Balaban J connectivity index is 1.72. The van der Waals surface area contributed by atoms with E-state index >= 15 is 0 Å². The second kappa shape index (κ2) is 3.78. The lowest BCUT2D eigenvalue weighted by Crippen LogP contribution is -2.33. The number of aromatic amines is 1. The largest absolute Gasteiger partial charge is 0.354 e. The molecule has 2 amide bonds. The fourth-order valence-electron chi connectivity index (χ4n) is 3.19. The molecule has 2 aliphatic heterocycles. The molecule has 7 nitrogen and oxygen atoms in total. The minimum Gasteiger partial charge on any atom is -0.354 e. The predicted octanol–water partition coefficient (Wildman–Crippen LogP) is 0.00890. The van der Waals surface area contributed by atoms with E-state index in [-0.39, 0.29) is 23.7 Å². The van der Waals surface area contributed by atoms with Crippen LogP contribution in [-0.2, 0) is 9.59 Å². The van der Waals surface area contributed by atoms with Crippen LogP contribution in [0.15, 0.2) is 18.6 Å². The van der Waals surface area contributed by atoms with Crippen LogP contribution in [-0.4, -0.2) is 51.8 Å². The number of carbonyl (C=O) groups excluding carboxylic acids is 2. The Morgan fingerprint density at radius 3 is 2.60 bits per heavy atom. The number of aromatic nitrogens is 3. The molecule has 0 bridgehead atoms. The Bertz CT molecular complexity index is 700. The molecule has 0 spiro atoms. The third-order valence-corrected chi connectivity index (χ3v) is 4.25. The number of nitrogens with zero attached hydrogens (tertiary/aromatic N) is 4. The number of hydrogen-bond acceptors (Lipinski definition) is 5. The van der Waals surface area contributed by atoms with Crippen LogP contribution in [0.3, 0.4) is 0 Å². The summed E-state index contributed by atoms with van der Waals surface area (Å²) in [6, 6.07) is 1.91. The van der Waals surface area contributed by atoms with E-state index in [1.807, 2.05) is 17.2 Å². The zero-order valence-electron chi connectivity index (χ0n) is 10.9. The highest BCUT2D eigenvalue weighted by atomic mass is 16.2. The van der Waals surface area contributed by atoms with Crippen molar-refractivity contribution in [3.8, 4) is 0 Å². The monoisotopic (exact) mass is 271 g/mol. The summed E-state index contributed by atoms with van der Waals surface area (Å²) in [4.78, 5) is 38.8. The van der Waals surface area contributed by atoms with Gasteiger partial charge in [0, 0.05) is 26.3 Å². The number of rotatable bonds is 1. The van der Waals surface area contributed by atoms with Crippen molar-refractivity contribution in [2.24, 2.45) is 11.8 Å². The van der Waals surface area contributed by atoms with Crippen molar-refractivity contribution in [3.63, 3.8) is 0 Å². The van der Waals surface area contributed by atoms with Crippen LogP contribution in [0.5, 0.6) is 0 Å². The van der Waals surface area contributed by atoms with Crippen molar-refractivity contribution in [2.75, 3.05) is 25.0 Å². The van der Waals surface area contributed by atoms with Gasteiger partial charge in [0.15, 0.2) is 0 Å². The van der Waals surface area contributed by atoms with Gasteiger partial charge in [-0.15, -0.1) is 0 Å². The Morgan fingerprint density at radius 1 is 1.20 bits per heavy atom. The zero-order chi connectivity index (χ0) is 13.9. The summed E-state index contributed by atoms with van der Waals surface area (Å²) in [6.07, 6.45) is 3.31. The highest BCUT2D eigenvalue weighted by Gasteiger charge is 2.51. The molecule has 20 heavy (non-hydrogen) atoms. The van der Waals surface area contributed by atoms with Gasteiger partial charge in [-0.3, -0.25) is 14.5 Å². The summed E-state index contributed by atoms with van der Waals surface area (Å²) in [5, 5.41) is 0.917. The normalized spacial score (nSPS) is 25.9. The molecule has 0 aromatic carbocycles. The van der Waals surface area contributed by atoms with E-state index < -0.39 is 0 Å². The summed E-state index contributed by atoms with van der Waals surface area (Å²) in [5.41, 5.74) is 0.766. The molecule has 4 rings (SSSR count). The van der Waals surface area contributed by atoms with E-state index in [4.69, 9.17) is 0 Å². The Hall–Kier alpha value is -2.44. The van der Waals surface area contributed by atoms with Crippen LogP contribution in [0, 0.1) is 11.8 Å². The first kappa shape index (κ1) is 11.4. The van der Waals surface area contributed by atoms with Gasteiger partial charge in [0.2, 0.25) is 11.8 Å². The average Bonchev–Trinajstić information content (AvgIpc) is 3.14. The number of likely N-dealkylation sites (tertiary alicyclic amines) is 1. The quantitative estimate of drug-likeness (QED) is 0.739. The molecular weight excluding hydrogens is 258 g/mol. The SMILES string of the molecule is CN1C(=O)C2CN(c3ncnc4[nH]ccc34)CC2C1=O. The van der Waals surface area contributed by atoms with E-state index in [0.29, 0.717) is 13.1 Å². The Kier molecular flexibility index (Phi) is 2.15. The van der Waals surface area contributed by atoms with Gasteiger partial charge in [0.05, 0.1) is 17.2 Å². The van der Waals surface area contributed by atoms with Gasteiger partial charge >= 0.3 is 0 Å². The minimum absolute atomic E-state index is 0.0816. The van der Waals surface area contributed by atoms with E-state index in [9.17, 15) is 9.59 Å². The molecule has 2 atom stereocenters. The minimum atomic E-state index is -0.239. The van der Waals surface area contributed by atoms with Crippen molar-refractivity contribution in [1.82, 2.24) is 19.9 Å². The molecule has 2 saturated heterocycles. The number of carbonyl (C=O) groups is 2. The second-order valence-electron chi connectivity index (χ2n) is 5.29. The highest BCUT2D eigenvalue weighted by molar-refractivity contribution is 6.06. The van der Waals surface area contributed by atoms with Gasteiger partial charge in [-0.2, -0.15) is 0 Å². The first-order valence-corrected chi connectivity index (χ1v) is 6.51. The molecule has 2 unspecified atom stereocenters. The third kappa shape index (κ3) is 1.34. The maximum absolute atomic E-state index is 12.0. The molecule has 2 aromatic heterocycles. The summed E-state index contributed by atoms with van der Waals surface area (Å²) >= 11 is 0. The summed E-state index contributed by atoms with van der Waals surface area (Å²) in [6.45, 7) is 1.08. The fourth-order valence-corrected chi connectivity index (χ4v) is 3.19. The number of imide groups is 1. The van der Waals surface area contributed by atoms with Crippen molar-refractivity contribution >= 4 is 28.7 Å². The van der Waals surface area contributed by atoms with Crippen LogP contribution in [0.25, 0.3) is 11.0 Å². The lowest BCUT2D eigenvalue weighted by atomic mass is 10.00. The van der Waals surface area contributed by atoms with Gasteiger partial charge in [0.25, 0.3) is 0 Å². The first-order valence-electron chi connectivity index (χ1n) is 6.51. The number of hydrogen-bond donors (Lipinski definition) is 1. The van der Waals surface area contributed by atoms with Crippen LogP contribution < -0.4 is 4.90 Å². The number of fused-ring (bicyclic) bond motifs is 2. The predicted molar refractivity (Wildman–Crippen MR) is 70.9 cm³/mol. The van der Waals surface area contributed by atoms with Gasteiger partial charge < -0.3 is 9.88 Å². The van der Waals surface area contributed by atoms with E-state index in [1.54, 1.807) is 7.05 Å². The third-order valence-electron chi connectivity index (χ3n) is 4.25. The van der Waals surface area contributed by atoms with E-state index in [1.165, 1.54) is 11.2 Å². The lowest BCUT2D eigenvalue weighted by Gasteiger charge is -2.20. The molecule has 0 saturated carbocycles. The molecule has 4 heterocycles. The molecule has 0 radical (unpaired) electrons. The molecule has 1 N–H and O–H groups in total. The van der Waals surface area contributed by atoms with Gasteiger partial charge in [-0.25, -0.2) is 9.97 Å².